The first-order chi connectivity index (χ1) is 3.21. The van der Waals surface area contributed by atoms with E-state index in [0.29, 0.717) is 6.61 Å². The van der Waals surface area contributed by atoms with Gasteiger partial charge in [0.15, 0.2) is 0 Å². The summed E-state index contributed by atoms with van der Waals surface area (Å²) < 4.78 is 4.90. The van der Waals surface area contributed by atoms with Gasteiger partial charge in [-0.1, -0.05) is 0 Å². The van der Waals surface area contributed by atoms with Crippen LogP contribution >= 0.6 is 0 Å². The second-order valence-electron chi connectivity index (χ2n) is 1.91. The Bertz CT molecular complexity index is 66.1. The highest BCUT2D eigenvalue weighted by Gasteiger charge is 2.22. The van der Waals surface area contributed by atoms with Crippen LogP contribution in [0.25, 0.3) is 0 Å². The lowest BCUT2D eigenvalue weighted by Crippen LogP contribution is -2.38. The average Bonchev–Trinajstić information content (AvgIpc) is 1.84. The lowest BCUT2D eigenvalue weighted by Gasteiger charge is -2.15. The zero-order chi connectivity index (χ0) is 5.33. The third-order valence-electron chi connectivity index (χ3n) is 1.08. The second kappa shape index (κ2) is 1.49. The third kappa shape index (κ3) is 1.18. The molecule has 0 bridgehead atoms. The van der Waals surface area contributed by atoms with E-state index in [0.717, 1.165) is 12.8 Å². The van der Waals surface area contributed by atoms with E-state index in [1.165, 1.54) is 0 Å². The van der Waals surface area contributed by atoms with Gasteiger partial charge < -0.3 is 10.5 Å². The van der Waals surface area contributed by atoms with Gasteiger partial charge in [-0.3, -0.25) is 0 Å². The van der Waals surface area contributed by atoms with Crippen molar-refractivity contribution in [1.29, 1.82) is 0 Å². The van der Waals surface area contributed by atoms with E-state index in [2.05, 4.69) is 0 Å². The van der Waals surface area contributed by atoms with Crippen molar-refractivity contribution >= 4 is 7.85 Å². The lowest BCUT2D eigenvalue weighted by molar-refractivity contribution is 0.0800. The van der Waals surface area contributed by atoms with E-state index in [9.17, 15) is 0 Å². The van der Waals surface area contributed by atoms with Gasteiger partial charge in [0.1, 0.15) is 7.85 Å². The molecule has 38 valence electrons. The Morgan fingerprint density at radius 3 is 2.57 bits per heavy atom. The smallest absolute Gasteiger partial charge is 0.135 e. The van der Waals surface area contributed by atoms with Crippen molar-refractivity contribution in [2.75, 3.05) is 6.61 Å². The Labute approximate surface area is 44.4 Å². The molecule has 1 saturated heterocycles. The van der Waals surface area contributed by atoms with E-state index in [1.807, 2.05) is 0 Å². The van der Waals surface area contributed by atoms with Crippen LogP contribution in [0.1, 0.15) is 12.8 Å². The predicted octanol–water partition coefficient (Wildman–Crippen LogP) is -0.422. The third-order valence-corrected chi connectivity index (χ3v) is 1.08. The zero-order valence-electron chi connectivity index (χ0n) is 4.18. The van der Waals surface area contributed by atoms with Gasteiger partial charge in [-0.05, 0) is 12.8 Å². The summed E-state index contributed by atoms with van der Waals surface area (Å²) in [6, 6.07) is 0. The first-order valence-corrected chi connectivity index (χ1v) is 2.42. The van der Waals surface area contributed by atoms with Crippen molar-refractivity contribution in [1.82, 2.24) is 0 Å². The Balaban J connectivity index is 2.40. The van der Waals surface area contributed by atoms with Gasteiger partial charge in [-0.25, -0.2) is 0 Å². The SMILES string of the molecule is [B]C1(N)CCCO1. The van der Waals surface area contributed by atoms with Gasteiger partial charge in [-0.2, -0.15) is 0 Å². The quantitative estimate of drug-likeness (QED) is 0.416. The highest BCUT2D eigenvalue weighted by Crippen LogP contribution is 2.14. The van der Waals surface area contributed by atoms with Crippen molar-refractivity contribution in [3.63, 3.8) is 0 Å². The fraction of sp³-hybridized carbons (Fsp3) is 1.00. The minimum Gasteiger partial charge on any atom is -0.371 e. The Morgan fingerprint density at radius 2 is 2.43 bits per heavy atom. The normalized spacial score (nSPS) is 41.9. The van der Waals surface area contributed by atoms with E-state index < -0.39 is 5.62 Å². The van der Waals surface area contributed by atoms with Crippen molar-refractivity contribution in [3.05, 3.63) is 0 Å². The van der Waals surface area contributed by atoms with Crippen molar-refractivity contribution < 1.29 is 4.74 Å². The van der Waals surface area contributed by atoms with Crippen molar-refractivity contribution in [2.24, 2.45) is 5.73 Å². The van der Waals surface area contributed by atoms with E-state index >= 15 is 0 Å². The van der Waals surface area contributed by atoms with Gasteiger partial charge in [0, 0.05) is 6.61 Å². The lowest BCUT2D eigenvalue weighted by atomic mass is 9.90. The molecule has 1 atom stereocenters. The average molecular weight is 96.9 g/mol. The standard InChI is InChI=1S/C4H8BNO/c5-4(6)2-1-3-7-4/h1-3,6H2. The summed E-state index contributed by atoms with van der Waals surface area (Å²) >= 11 is 0. The molecule has 2 radical (unpaired) electrons. The molecule has 1 fully saturated rings. The van der Waals surface area contributed by atoms with Crippen LogP contribution in [0.2, 0.25) is 0 Å². The van der Waals surface area contributed by atoms with Crippen LogP contribution in [-0.4, -0.2) is 20.1 Å². The largest absolute Gasteiger partial charge is 0.371 e. The van der Waals surface area contributed by atoms with Crippen LogP contribution in [0.3, 0.4) is 0 Å². The second-order valence-corrected chi connectivity index (χ2v) is 1.91. The predicted molar refractivity (Wildman–Crippen MR) is 27.9 cm³/mol. The first-order valence-electron chi connectivity index (χ1n) is 2.42. The van der Waals surface area contributed by atoms with E-state index in [1.54, 1.807) is 0 Å². The van der Waals surface area contributed by atoms with Gasteiger partial charge in [0.05, 0.1) is 5.62 Å². The molecule has 1 heterocycles. The van der Waals surface area contributed by atoms with E-state index in [-0.39, 0.29) is 0 Å². The van der Waals surface area contributed by atoms with Gasteiger partial charge in [-0.15, -0.1) is 0 Å². The number of nitrogens with two attached hydrogens (primary N) is 1. The molecule has 2 N–H and O–H groups in total. The van der Waals surface area contributed by atoms with Crippen LogP contribution in [-0.2, 0) is 4.74 Å². The van der Waals surface area contributed by atoms with Crippen LogP contribution in [0.5, 0.6) is 0 Å². The van der Waals surface area contributed by atoms with Crippen LogP contribution in [0.4, 0.5) is 0 Å². The summed E-state index contributed by atoms with van der Waals surface area (Å²) in [5, 5.41) is 0. The molecule has 0 aliphatic carbocycles. The van der Waals surface area contributed by atoms with Gasteiger partial charge >= 0.3 is 0 Å². The van der Waals surface area contributed by atoms with Gasteiger partial charge in [0.25, 0.3) is 0 Å². The number of rotatable bonds is 0. The highest BCUT2D eigenvalue weighted by molar-refractivity contribution is 6.14. The molecule has 1 aliphatic heterocycles. The summed E-state index contributed by atoms with van der Waals surface area (Å²) in [7, 11) is 5.33. The van der Waals surface area contributed by atoms with Crippen molar-refractivity contribution in [3.8, 4) is 0 Å². The zero-order valence-corrected chi connectivity index (χ0v) is 4.18. The molecule has 0 saturated carbocycles. The molecule has 3 heteroatoms. The maximum absolute atomic E-state index is 5.33. The molecule has 0 amide bonds. The fourth-order valence-electron chi connectivity index (χ4n) is 0.683. The van der Waals surface area contributed by atoms with Crippen molar-refractivity contribution in [2.45, 2.75) is 18.5 Å². The minimum atomic E-state index is -0.806. The number of hydrogen-bond donors (Lipinski definition) is 1. The summed E-state index contributed by atoms with van der Waals surface area (Å²) in [5.74, 6) is 0. The summed E-state index contributed by atoms with van der Waals surface area (Å²) in [4.78, 5) is 0. The Kier molecular flexibility index (Phi) is 1.09. The molecule has 1 aliphatic rings. The maximum atomic E-state index is 5.33. The molecule has 1 rings (SSSR count). The molecule has 0 aromatic heterocycles. The summed E-state index contributed by atoms with van der Waals surface area (Å²) in [6.45, 7) is 0.715. The molecule has 2 nitrogen and oxygen atoms in total. The van der Waals surface area contributed by atoms with Gasteiger partial charge in [0.2, 0.25) is 0 Å². The van der Waals surface area contributed by atoms with Crippen LogP contribution in [0.15, 0.2) is 0 Å². The topological polar surface area (TPSA) is 35.2 Å². The highest BCUT2D eigenvalue weighted by atomic mass is 16.5. The fourth-order valence-corrected chi connectivity index (χ4v) is 0.683. The molecular formula is C4H8BNO. The first kappa shape index (κ1) is 5.13. The molecule has 0 aromatic rings. The number of ether oxygens (including phenoxy) is 1. The maximum Gasteiger partial charge on any atom is 0.135 e. The molecular weight excluding hydrogens is 88.9 g/mol. The Hall–Kier alpha value is -0.0151. The van der Waals surface area contributed by atoms with E-state index in [4.69, 9.17) is 18.3 Å². The summed E-state index contributed by atoms with van der Waals surface area (Å²) in [6.07, 6.45) is 1.78. The molecule has 0 spiro atoms. The summed E-state index contributed by atoms with van der Waals surface area (Å²) in [5.41, 5.74) is 4.53. The minimum absolute atomic E-state index is 0.715. The molecule has 1 unspecified atom stereocenters. The van der Waals surface area contributed by atoms with Crippen LogP contribution in [0, 0.1) is 0 Å². The Morgan fingerprint density at radius 1 is 1.71 bits per heavy atom. The monoisotopic (exact) mass is 97.1 g/mol. The number of hydrogen-bond acceptors (Lipinski definition) is 2. The van der Waals surface area contributed by atoms with Crippen LogP contribution < -0.4 is 5.73 Å². The molecule has 0 aromatic carbocycles. The molecule has 7 heavy (non-hydrogen) atoms.